The summed E-state index contributed by atoms with van der Waals surface area (Å²) in [7, 11) is 2.11. The number of likely N-dealkylation sites (N-methyl/N-ethyl adjacent to an activating group) is 1. The zero-order valence-corrected chi connectivity index (χ0v) is 14.9. The molecule has 1 aliphatic rings. The summed E-state index contributed by atoms with van der Waals surface area (Å²) in [6.07, 6.45) is 2.49. The third-order valence-corrected chi connectivity index (χ3v) is 4.51. The minimum absolute atomic E-state index is 0.123. The Balaban J connectivity index is 2.09. The van der Waals surface area contributed by atoms with Gasteiger partial charge >= 0.3 is 0 Å². The number of hydrogen-bond acceptors (Lipinski definition) is 3. The van der Waals surface area contributed by atoms with Gasteiger partial charge in [-0.25, -0.2) is 0 Å². The molecular weight excluding hydrogens is 288 g/mol. The summed E-state index contributed by atoms with van der Waals surface area (Å²) in [4.78, 5) is 17.2. The number of carbonyl (C=O) groups excluding carboxylic acids is 1. The molecule has 0 radical (unpaired) electrons. The summed E-state index contributed by atoms with van der Waals surface area (Å²) in [5.74, 6) is 0.123. The van der Waals surface area contributed by atoms with Crippen molar-refractivity contribution in [1.29, 1.82) is 0 Å². The molecule has 1 aliphatic heterocycles. The molecule has 23 heavy (non-hydrogen) atoms. The minimum Gasteiger partial charge on any atom is -0.390 e. The Labute approximate surface area is 140 Å². The fraction of sp³-hybridized carbons (Fsp3) is 0.632. The first kappa shape index (κ1) is 18.0. The molecule has 1 amide bonds. The van der Waals surface area contributed by atoms with Gasteiger partial charge in [0, 0.05) is 24.7 Å². The molecule has 4 nitrogen and oxygen atoms in total. The van der Waals surface area contributed by atoms with Crippen LogP contribution in [0.4, 0.5) is 0 Å². The molecule has 0 spiro atoms. The number of aryl methyl sites for hydroxylation is 1. The second-order valence-corrected chi connectivity index (χ2v) is 7.48. The van der Waals surface area contributed by atoms with Gasteiger partial charge in [-0.05, 0) is 71.3 Å². The van der Waals surface area contributed by atoms with E-state index in [1.165, 1.54) is 0 Å². The van der Waals surface area contributed by atoms with Crippen LogP contribution < -0.4 is 0 Å². The molecular formula is C19H30N2O2. The van der Waals surface area contributed by atoms with Gasteiger partial charge in [0.05, 0.1) is 5.60 Å². The van der Waals surface area contributed by atoms with E-state index in [4.69, 9.17) is 0 Å². The van der Waals surface area contributed by atoms with Crippen LogP contribution >= 0.6 is 0 Å². The molecule has 0 saturated carbocycles. The van der Waals surface area contributed by atoms with Crippen LogP contribution in [0.1, 0.15) is 49.5 Å². The average molecular weight is 318 g/mol. The summed E-state index contributed by atoms with van der Waals surface area (Å²) in [5, 5.41) is 9.87. The maximum absolute atomic E-state index is 12.9. The lowest BCUT2D eigenvalue weighted by molar-refractivity contribution is 0.0696. The molecule has 1 N–H and O–H groups in total. The van der Waals surface area contributed by atoms with Gasteiger partial charge in [-0.1, -0.05) is 12.1 Å². The van der Waals surface area contributed by atoms with Gasteiger partial charge in [-0.2, -0.15) is 0 Å². The molecule has 0 bridgehead atoms. The van der Waals surface area contributed by atoms with E-state index < -0.39 is 5.60 Å². The van der Waals surface area contributed by atoms with Crippen LogP contribution in [0.5, 0.6) is 0 Å². The van der Waals surface area contributed by atoms with Crippen molar-refractivity contribution < 1.29 is 9.90 Å². The largest absolute Gasteiger partial charge is 0.390 e. The number of aliphatic hydroxyl groups is 1. The molecule has 0 unspecified atom stereocenters. The van der Waals surface area contributed by atoms with Crippen molar-refractivity contribution >= 4 is 5.91 Å². The average Bonchev–Trinajstić information content (AvgIpc) is 2.64. The van der Waals surface area contributed by atoms with Crippen LogP contribution in [0.15, 0.2) is 24.3 Å². The highest BCUT2D eigenvalue weighted by molar-refractivity contribution is 5.94. The topological polar surface area (TPSA) is 43.8 Å². The van der Waals surface area contributed by atoms with Gasteiger partial charge in [-0.15, -0.1) is 0 Å². The van der Waals surface area contributed by atoms with E-state index in [0.29, 0.717) is 6.42 Å². The van der Waals surface area contributed by atoms with E-state index in [1.807, 2.05) is 43.0 Å². The molecule has 0 aliphatic carbocycles. The van der Waals surface area contributed by atoms with E-state index in [-0.39, 0.29) is 11.9 Å². The van der Waals surface area contributed by atoms with Crippen LogP contribution in [-0.4, -0.2) is 59.1 Å². The molecule has 1 heterocycles. The third-order valence-electron chi connectivity index (χ3n) is 4.51. The number of benzene rings is 1. The Hall–Kier alpha value is -1.39. The second-order valence-electron chi connectivity index (χ2n) is 7.48. The smallest absolute Gasteiger partial charge is 0.254 e. The fourth-order valence-corrected chi connectivity index (χ4v) is 3.15. The molecule has 0 aromatic heterocycles. The Morgan fingerprint density at radius 3 is 2.78 bits per heavy atom. The first-order valence-corrected chi connectivity index (χ1v) is 8.57. The lowest BCUT2D eigenvalue weighted by atomic mass is 9.97. The quantitative estimate of drug-likeness (QED) is 0.928. The molecule has 1 saturated heterocycles. The van der Waals surface area contributed by atoms with Crippen molar-refractivity contribution in [3.05, 3.63) is 35.4 Å². The van der Waals surface area contributed by atoms with Gasteiger partial charge in [-0.3, -0.25) is 4.79 Å². The molecule has 1 aromatic rings. The normalized spacial score (nSPS) is 20.4. The maximum atomic E-state index is 12.9. The Morgan fingerprint density at radius 1 is 1.35 bits per heavy atom. The summed E-state index contributed by atoms with van der Waals surface area (Å²) in [6, 6.07) is 8.09. The van der Waals surface area contributed by atoms with Crippen molar-refractivity contribution in [1.82, 2.24) is 9.80 Å². The molecule has 1 atom stereocenters. The van der Waals surface area contributed by atoms with Crippen LogP contribution in [0, 0.1) is 0 Å². The van der Waals surface area contributed by atoms with Crippen LogP contribution in [-0.2, 0) is 6.42 Å². The Bertz CT molecular complexity index is 536. The number of amides is 1. The van der Waals surface area contributed by atoms with E-state index in [2.05, 4.69) is 18.9 Å². The van der Waals surface area contributed by atoms with E-state index in [9.17, 15) is 9.90 Å². The van der Waals surface area contributed by atoms with Crippen LogP contribution in [0.25, 0.3) is 0 Å². The highest BCUT2D eigenvalue weighted by Crippen LogP contribution is 2.17. The van der Waals surface area contributed by atoms with Crippen molar-refractivity contribution in [3.8, 4) is 0 Å². The van der Waals surface area contributed by atoms with Crippen LogP contribution in [0.3, 0.4) is 0 Å². The van der Waals surface area contributed by atoms with Gasteiger partial charge in [0.25, 0.3) is 5.91 Å². The zero-order chi connectivity index (χ0) is 17.0. The number of nitrogens with zero attached hydrogens (tertiary/aromatic N) is 2. The molecule has 128 valence electrons. The number of carbonyl (C=O) groups is 1. The SMILES string of the molecule is C[C@H]1CN(C)CCCN1C(=O)c1cccc(CCC(C)(C)O)c1. The van der Waals surface area contributed by atoms with Crippen molar-refractivity contribution in [2.75, 3.05) is 26.7 Å². The lowest BCUT2D eigenvalue weighted by Gasteiger charge is -2.28. The van der Waals surface area contributed by atoms with Crippen molar-refractivity contribution in [2.24, 2.45) is 0 Å². The van der Waals surface area contributed by atoms with Gasteiger partial charge in [0.1, 0.15) is 0 Å². The molecule has 2 rings (SSSR count). The Kier molecular flexibility index (Phi) is 5.82. The second kappa shape index (κ2) is 7.45. The van der Waals surface area contributed by atoms with Crippen molar-refractivity contribution in [3.63, 3.8) is 0 Å². The van der Waals surface area contributed by atoms with Gasteiger partial charge < -0.3 is 14.9 Å². The summed E-state index contributed by atoms with van der Waals surface area (Å²) >= 11 is 0. The maximum Gasteiger partial charge on any atom is 0.254 e. The van der Waals surface area contributed by atoms with Gasteiger partial charge in [0.15, 0.2) is 0 Å². The van der Waals surface area contributed by atoms with E-state index in [1.54, 1.807) is 0 Å². The fourth-order valence-electron chi connectivity index (χ4n) is 3.15. The highest BCUT2D eigenvalue weighted by Gasteiger charge is 2.25. The Morgan fingerprint density at radius 2 is 2.09 bits per heavy atom. The standard InChI is InChI=1S/C19H30N2O2/c1-15-14-20(4)11-6-12-21(15)18(22)17-8-5-7-16(13-17)9-10-19(2,3)23/h5,7-8,13,15,23H,6,9-12,14H2,1-4H3/t15-/m0/s1. The summed E-state index contributed by atoms with van der Waals surface area (Å²) in [6.45, 7) is 8.54. The van der Waals surface area contributed by atoms with E-state index >= 15 is 0 Å². The number of hydrogen-bond donors (Lipinski definition) is 1. The monoisotopic (exact) mass is 318 g/mol. The number of rotatable bonds is 4. The summed E-state index contributed by atoms with van der Waals surface area (Å²) in [5.41, 5.74) is 1.19. The molecule has 4 heteroatoms. The van der Waals surface area contributed by atoms with Crippen molar-refractivity contribution in [2.45, 2.75) is 51.7 Å². The predicted molar refractivity (Wildman–Crippen MR) is 93.7 cm³/mol. The highest BCUT2D eigenvalue weighted by atomic mass is 16.3. The lowest BCUT2D eigenvalue weighted by Crippen LogP contribution is -2.42. The molecule has 1 fully saturated rings. The predicted octanol–water partition coefficient (Wildman–Crippen LogP) is 2.56. The summed E-state index contributed by atoms with van der Waals surface area (Å²) < 4.78 is 0. The van der Waals surface area contributed by atoms with Crippen LogP contribution in [0.2, 0.25) is 0 Å². The molecule has 1 aromatic carbocycles. The first-order valence-electron chi connectivity index (χ1n) is 8.57. The van der Waals surface area contributed by atoms with Gasteiger partial charge in [0.2, 0.25) is 0 Å². The third kappa shape index (κ3) is 5.33. The van der Waals surface area contributed by atoms with E-state index in [0.717, 1.165) is 43.6 Å². The zero-order valence-electron chi connectivity index (χ0n) is 14.9. The minimum atomic E-state index is -0.677. The first-order chi connectivity index (χ1) is 10.8.